The van der Waals surface area contributed by atoms with Crippen molar-refractivity contribution in [3.8, 4) is 0 Å². The van der Waals surface area contributed by atoms with Gasteiger partial charge in [0.15, 0.2) is 0 Å². The van der Waals surface area contributed by atoms with E-state index in [4.69, 9.17) is 0 Å². The van der Waals surface area contributed by atoms with Crippen LogP contribution in [0.3, 0.4) is 0 Å². The van der Waals surface area contributed by atoms with Gasteiger partial charge < -0.3 is 0 Å². The Hall–Kier alpha value is -1.48. The first-order chi connectivity index (χ1) is 5.92. The number of hydrogen-bond donors (Lipinski definition) is 0. The monoisotopic (exact) mass is 154 g/mol. The maximum absolute atomic E-state index is 3.10. The van der Waals surface area contributed by atoms with Gasteiger partial charge in [-0.15, -0.1) is 0 Å². The largest absolute Gasteiger partial charge is 0.0693 e. The van der Waals surface area contributed by atoms with Crippen molar-refractivity contribution in [2.24, 2.45) is 0 Å². The Morgan fingerprint density at radius 1 is 1.25 bits per heavy atom. The molecule has 0 fully saturated rings. The van der Waals surface area contributed by atoms with Gasteiger partial charge in [0.2, 0.25) is 0 Å². The van der Waals surface area contributed by atoms with Gasteiger partial charge in [0.25, 0.3) is 0 Å². The lowest BCUT2D eigenvalue weighted by Gasteiger charge is -1.98. The molecule has 0 saturated carbocycles. The second-order valence-corrected chi connectivity index (χ2v) is 2.84. The standard InChI is InChI=1S/C12H10/c1-2-10-7-5-8-11-6-3-4-9-12(10)11/h3-4,6-7,9H,2H2,1H3. The molecule has 0 aromatic heterocycles. The second kappa shape index (κ2) is 2.87. The second-order valence-electron chi connectivity index (χ2n) is 2.84. The highest BCUT2D eigenvalue weighted by atomic mass is 14.0. The quantitative estimate of drug-likeness (QED) is 0.592. The van der Waals surface area contributed by atoms with Gasteiger partial charge in [-0.05, 0) is 29.5 Å². The van der Waals surface area contributed by atoms with Crippen molar-refractivity contribution in [2.75, 3.05) is 0 Å². The summed E-state index contributed by atoms with van der Waals surface area (Å²) < 4.78 is 0. The normalized spacial score (nSPS) is 9.75. The number of hydrogen-bond acceptors (Lipinski definition) is 0. The molecule has 0 atom stereocenters. The molecular weight excluding hydrogens is 144 g/mol. The van der Waals surface area contributed by atoms with Gasteiger partial charge in [-0.1, -0.05) is 37.3 Å². The predicted octanol–water partition coefficient (Wildman–Crippen LogP) is 3.00. The third kappa shape index (κ3) is 1.04. The van der Waals surface area contributed by atoms with Crippen LogP contribution in [0.1, 0.15) is 12.5 Å². The predicted molar refractivity (Wildman–Crippen MR) is 51.0 cm³/mol. The van der Waals surface area contributed by atoms with Crippen LogP contribution in [0.2, 0.25) is 0 Å². The molecule has 0 aliphatic carbocycles. The fourth-order valence-electron chi connectivity index (χ4n) is 1.44. The average molecular weight is 154 g/mol. The summed E-state index contributed by atoms with van der Waals surface area (Å²) in [6.07, 6.45) is 1.06. The third-order valence-electron chi connectivity index (χ3n) is 2.11. The minimum absolute atomic E-state index is 1.06. The Kier molecular flexibility index (Phi) is 1.72. The van der Waals surface area contributed by atoms with E-state index >= 15 is 0 Å². The van der Waals surface area contributed by atoms with Crippen molar-refractivity contribution in [2.45, 2.75) is 13.3 Å². The van der Waals surface area contributed by atoms with E-state index in [1.165, 1.54) is 10.9 Å². The SMILES string of the molecule is CCc1cc#cc2ccccc12. The lowest BCUT2D eigenvalue weighted by atomic mass is 10.1. The first kappa shape index (κ1) is 7.18. The van der Waals surface area contributed by atoms with E-state index < -0.39 is 0 Å². The Morgan fingerprint density at radius 3 is 2.92 bits per heavy atom. The zero-order valence-corrected chi connectivity index (χ0v) is 7.09. The molecule has 12 heavy (non-hydrogen) atoms. The lowest BCUT2D eigenvalue weighted by molar-refractivity contribution is 1.16. The molecule has 0 heterocycles. The summed E-state index contributed by atoms with van der Waals surface area (Å²) in [6.45, 7) is 2.16. The fourth-order valence-corrected chi connectivity index (χ4v) is 1.44. The molecule has 0 nitrogen and oxygen atoms in total. The van der Waals surface area contributed by atoms with Gasteiger partial charge >= 0.3 is 0 Å². The van der Waals surface area contributed by atoms with Crippen LogP contribution >= 0.6 is 0 Å². The molecule has 0 unspecified atom stereocenters. The summed E-state index contributed by atoms with van der Waals surface area (Å²) in [4.78, 5) is 0. The van der Waals surface area contributed by atoms with Crippen LogP contribution in [0.15, 0.2) is 30.3 Å². The highest BCUT2D eigenvalue weighted by molar-refractivity contribution is 5.83. The van der Waals surface area contributed by atoms with Crippen molar-refractivity contribution >= 4 is 10.8 Å². The Morgan fingerprint density at radius 2 is 2.08 bits per heavy atom. The van der Waals surface area contributed by atoms with Crippen LogP contribution in [0.5, 0.6) is 0 Å². The van der Waals surface area contributed by atoms with E-state index in [0.717, 1.165) is 11.8 Å². The number of fused-ring (bicyclic) bond motifs is 1. The van der Waals surface area contributed by atoms with Crippen LogP contribution in [0, 0.1) is 12.1 Å². The fraction of sp³-hybridized carbons (Fsp3) is 0.167. The Labute approximate surface area is 72.8 Å². The molecule has 2 rings (SSSR count). The van der Waals surface area contributed by atoms with Crippen molar-refractivity contribution < 1.29 is 0 Å². The molecule has 2 aromatic rings. The molecule has 0 amide bonds. The van der Waals surface area contributed by atoms with Crippen LogP contribution < -0.4 is 0 Å². The smallest absolute Gasteiger partial charge is 0.0324 e. The van der Waals surface area contributed by atoms with Crippen LogP contribution in [0.4, 0.5) is 0 Å². The van der Waals surface area contributed by atoms with E-state index in [1.54, 1.807) is 0 Å². The van der Waals surface area contributed by atoms with Gasteiger partial charge in [0, 0.05) is 5.39 Å². The van der Waals surface area contributed by atoms with Gasteiger partial charge in [0.05, 0.1) is 0 Å². The van der Waals surface area contributed by atoms with E-state index in [0.29, 0.717) is 0 Å². The van der Waals surface area contributed by atoms with Gasteiger partial charge in [-0.2, -0.15) is 0 Å². The molecule has 0 spiro atoms. The van der Waals surface area contributed by atoms with E-state index in [-0.39, 0.29) is 0 Å². The molecule has 0 radical (unpaired) electrons. The lowest BCUT2D eigenvalue weighted by Crippen LogP contribution is -1.80. The van der Waals surface area contributed by atoms with Crippen molar-refractivity contribution in [3.05, 3.63) is 48.0 Å². The minimum Gasteiger partial charge on any atom is -0.0693 e. The molecule has 0 aliphatic heterocycles. The maximum Gasteiger partial charge on any atom is 0.0324 e. The third-order valence-corrected chi connectivity index (χ3v) is 2.11. The van der Waals surface area contributed by atoms with Crippen molar-refractivity contribution in [3.63, 3.8) is 0 Å². The molecule has 2 aromatic carbocycles. The molecule has 58 valence electrons. The molecular formula is C12H10. The Balaban J connectivity index is 2.79. The molecule has 0 heteroatoms. The van der Waals surface area contributed by atoms with Gasteiger partial charge in [-0.25, -0.2) is 0 Å². The van der Waals surface area contributed by atoms with Crippen LogP contribution in [0.25, 0.3) is 10.8 Å². The highest BCUT2D eigenvalue weighted by Gasteiger charge is 1.94. The summed E-state index contributed by atoms with van der Waals surface area (Å²) >= 11 is 0. The van der Waals surface area contributed by atoms with Crippen LogP contribution in [-0.2, 0) is 6.42 Å². The molecule has 0 aliphatic rings. The maximum atomic E-state index is 3.10. The summed E-state index contributed by atoms with van der Waals surface area (Å²) in [6, 6.07) is 16.5. The first-order valence-corrected chi connectivity index (χ1v) is 4.22. The zero-order valence-electron chi connectivity index (χ0n) is 7.09. The molecule has 0 saturated heterocycles. The zero-order chi connectivity index (χ0) is 8.39. The summed E-state index contributed by atoms with van der Waals surface area (Å²) in [5.41, 5.74) is 1.35. The van der Waals surface area contributed by atoms with Gasteiger partial charge in [0.1, 0.15) is 0 Å². The number of rotatable bonds is 1. The van der Waals surface area contributed by atoms with Gasteiger partial charge in [-0.3, -0.25) is 0 Å². The average Bonchev–Trinajstić information content (AvgIpc) is 2.17. The van der Waals surface area contributed by atoms with Crippen LogP contribution in [-0.4, -0.2) is 0 Å². The topological polar surface area (TPSA) is 0 Å². The molecule has 0 N–H and O–H groups in total. The van der Waals surface area contributed by atoms with E-state index in [1.807, 2.05) is 12.1 Å². The summed E-state index contributed by atoms with van der Waals surface area (Å²) in [7, 11) is 0. The van der Waals surface area contributed by atoms with Crippen molar-refractivity contribution in [1.82, 2.24) is 0 Å². The van der Waals surface area contributed by atoms with E-state index in [9.17, 15) is 0 Å². The first-order valence-electron chi connectivity index (χ1n) is 4.22. The number of aryl methyl sites for hydroxylation is 1. The van der Waals surface area contributed by atoms with E-state index in [2.05, 4.69) is 37.3 Å². The molecule has 0 bridgehead atoms. The summed E-state index contributed by atoms with van der Waals surface area (Å²) in [5.74, 6) is 0. The highest BCUT2D eigenvalue weighted by Crippen LogP contribution is 2.15. The number of benzene rings is 1. The minimum atomic E-state index is 1.06. The van der Waals surface area contributed by atoms with Crippen molar-refractivity contribution in [1.29, 1.82) is 0 Å². The summed E-state index contributed by atoms with van der Waals surface area (Å²) in [5, 5.41) is 2.47. The Bertz CT molecular complexity index is 383.